The van der Waals surface area contributed by atoms with Gasteiger partial charge in [0.1, 0.15) is 0 Å². The van der Waals surface area contributed by atoms with Crippen molar-refractivity contribution in [3.8, 4) is 0 Å². The van der Waals surface area contributed by atoms with Crippen molar-refractivity contribution in [3.05, 3.63) is 29.6 Å². The zero-order valence-corrected chi connectivity index (χ0v) is 12.1. The molecular formula is C16H23FN2O. The Balaban J connectivity index is 2.04. The Labute approximate surface area is 120 Å². The van der Waals surface area contributed by atoms with Crippen molar-refractivity contribution in [2.45, 2.75) is 45.6 Å². The van der Waals surface area contributed by atoms with Crippen molar-refractivity contribution < 1.29 is 9.18 Å². The maximum atomic E-state index is 13.9. The quantitative estimate of drug-likeness (QED) is 0.859. The lowest BCUT2D eigenvalue weighted by molar-refractivity contribution is -0.131. The fourth-order valence-corrected chi connectivity index (χ4v) is 2.88. The summed E-state index contributed by atoms with van der Waals surface area (Å²) < 4.78 is 13.9. The van der Waals surface area contributed by atoms with Gasteiger partial charge in [-0.2, -0.15) is 0 Å². The van der Waals surface area contributed by atoms with Gasteiger partial charge in [-0.15, -0.1) is 0 Å². The molecule has 1 aliphatic rings. The maximum absolute atomic E-state index is 13.9. The number of nitrogen functional groups attached to an aromatic ring is 1. The van der Waals surface area contributed by atoms with Gasteiger partial charge in [0, 0.05) is 25.1 Å². The SMILES string of the molecule is CCCC1CCC(=O)N(Cc2cccc(N)c2F)CC1. The predicted octanol–water partition coefficient (Wildman–Crippen LogP) is 3.34. The minimum Gasteiger partial charge on any atom is -0.396 e. The highest BCUT2D eigenvalue weighted by atomic mass is 19.1. The van der Waals surface area contributed by atoms with E-state index in [1.165, 1.54) is 6.42 Å². The summed E-state index contributed by atoms with van der Waals surface area (Å²) in [5.41, 5.74) is 6.23. The average Bonchev–Trinajstić information content (AvgIpc) is 2.60. The van der Waals surface area contributed by atoms with Crippen LogP contribution >= 0.6 is 0 Å². The summed E-state index contributed by atoms with van der Waals surface area (Å²) in [7, 11) is 0. The van der Waals surface area contributed by atoms with Crippen molar-refractivity contribution >= 4 is 11.6 Å². The first-order valence-electron chi connectivity index (χ1n) is 7.42. The van der Waals surface area contributed by atoms with Crippen LogP contribution in [0.2, 0.25) is 0 Å². The largest absolute Gasteiger partial charge is 0.396 e. The lowest BCUT2D eigenvalue weighted by Crippen LogP contribution is -2.30. The molecule has 0 bridgehead atoms. The minimum absolute atomic E-state index is 0.130. The van der Waals surface area contributed by atoms with Crippen LogP contribution in [-0.2, 0) is 11.3 Å². The molecule has 1 aliphatic heterocycles. The molecule has 1 aromatic carbocycles. The fourth-order valence-electron chi connectivity index (χ4n) is 2.88. The smallest absolute Gasteiger partial charge is 0.222 e. The van der Waals surface area contributed by atoms with Gasteiger partial charge >= 0.3 is 0 Å². The normalized spacial score (nSPS) is 20.0. The highest BCUT2D eigenvalue weighted by Crippen LogP contribution is 2.24. The van der Waals surface area contributed by atoms with Crippen LogP contribution in [-0.4, -0.2) is 17.4 Å². The monoisotopic (exact) mass is 278 g/mol. The van der Waals surface area contributed by atoms with Crippen molar-refractivity contribution in [1.29, 1.82) is 0 Å². The Kier molecular flexibility index (Phi) is 4.99. The number of anilines is 1. The zero-order valence-electron chi connectivity index (χ0n) is 12.1. The molecular weight excluding hydrogens is 255 g/mol. The second kappa shape index (κ2) is 6.73. The van der Waals surface area contributed by atoms with E-state index in [4.69, 9.17) is 5.73 Å². The Bertz CT molecular complexity index is 476. The average molecular weight is 278 g/mol. The van der Waals surface area contributed by atoms with Gasteiger partial charge in [0.05, 0.1) is 5.69 Å². The molecule has 2 rings (SSSR count). The van der Waals surface area contributed by atoms with E-state index < -0.39 is 5.82 Å². The molecule has 1 heterocycles. The van der Waals surface area contributed by atoms with Crippen LogP contribution in [0, 0.1) is 11.7 Å². The van der Waals surface area contributed by atoms with Crippen molar-refractivity contribution in [1.82, 2.24) is 4.90 Å². The van der Waals surface area contributed by atoms with Crippen LogP contribution in [0.3, 0.4) is 0 Å². The molecule has 0 aromatic heterocycles. The van der Waals surface area contributed by atoms with E-state index >= 15 is 0 Å². The highest BCUT2D eigenvalue weighted by molar-refractivity contribution is 5.76. The van der Waals surface area contributed by atoms with E-state index in [9.17, 15) is 9.18 Å². The first-order chi connectivity index (χ1) is 9.61. The van der Waals surface area contributed by atoms with Gasteiger partial charge in [0.2, 0.25) is 5.91 Å². The molecule has 4 heteroatoms. The molecule has 0 radical (unpaired) electrons. The first kappa shape index (κ1) is 14.8. The number of halogens is 1. The molecule has 1 atom stereocenters. The number of carbonyl (C=O) groups is 1. The maximum Gasteiger partial charge on any atom is 0.222 e. The summed E-state index contributed by atoms with van der Waals surface area (Å²) in [6, 6.07) is 4.98. The standard InChI is InChI=1S/C16H23FN2O/c1-2-4-12-7-8-15(20)19(10-9-12)11-13-5-3-6-14(18)16(13)17/h3,5-6,12H,2,4,7-11,18H2,1H3. The molecule has 0 saturated carbocycles. The Morgan fingerprint density at radius 2 is 2.20 bits per heavy atom. The Hall–Kier alpha value is -1.58. The van der Waals surface area contributed by atoms with E-state index in [-0.39, 0.29) is 11.6 Å². The van der Waals surface area contributed by atoms with Gasteiger partial charge < -0.3 is 10.6 Å². The molecule has 2 N–H and O–H groups in total. The number of amides is 1. The highest BCUT2D eigenvalue weighted by Gasteiger charge is 2.23. The van der Waals surface area contributed by atoms with Crippen LogP contribution in [0.5, 0.6) is 0 Å². The second-order valence-corrected chi connectivity index (χ2v) is 5.62. The first-order valence-corrected chi connectivity index (χ1v) is 7.42. The fraction of sp³-hybridized carbons (Fsp3) is 0.562. The van der Waals surface area contributed by atoms with Crippen LogP contribution in [0.15, 0.2) is 18.2 Å². The van der Waals surface area contributed by atoms with Gasteiger partial charge in [-0.25, -0.2) is 4.39 Å². The summed E-state index contributed by atoms with van der Waals surface area (Å²) in [6.07, 6.45) is 4.89. The number of hydrogen-bond acceptors (Lipinski definition) is 2. The van der Waals surface area contributed by atoms with E-state index in [1.807, 2.05) is 0 Å². The molecule has 1 saturated heterocycles. The molecule has 110 valence electrons. The number of rotatable bonds is 4. The lowest BCUT2D eigenvalue weighted by atomic mass is 9.96. The molecule has 0 spiro atoms. The van der Waals surface area contributed by atoms with Crippen molar-refractivity contribution in [2.75, 3.05) is 12.3 Å². The zero-order chi connectivity index (χ0) is 14.5. The summed E-state index contributed by atoms with van der Waals surface area (Å²) in [5, 5.41) is 0. The second-order valence-electron chi connectivity index (χ2n) is 5.62. The van der Waals surface area contributed by atoms with Gasteiger partial charge in [0.15, 0.2) is 5.82 Å². The van der Waals surface area contributed by atoms with Crippen LogP contribution < -0.4 is 5.73 Å². The van der Waals surface area contributed by atoms with E-state index in [0.717, 1.165) is 25.8 Å². The molecule has 20 heavy (non-hydrogen) atoms. The van der Waals surface area contributed by atoms with E-state index in [1.54, 1.807) is 23.1 Å². The summed E-state index contributed by atoms with van der Waals surface area (Å²) in [5.74, 6) is 0.361. The summed E-state index contributed by atoms with van der Waals surface area (Å²) >= 11 is 0. The Morgan fingerprint density at radius 1 is 1.40 bits per heavy atom. The molecule has 1 amide bonds. The number of likely N-dealkylation sites (tertiary alicyclic amines) is 1. The van der Waals surface area contributed by atoms with E-state index in [2.05, 4.69) is 6.92 Å². The molecule has 3 nitrogen and oxygen atoms in total. The van der Waals surface area contributed by atoms with Crippen molar-refractivity contribution in [3.63, 3.8) is 0 Å². The van der Waals surface area contributed by atoms with Crippen LogP contribution in [0.25, 0.3) is 0 Å². The molecule has 1 aromatic rings. The third kappa shape index (κ3) is 3.50. The number of benzene rings is 1. The van der Waals surface area contributed by atoms with Crippen LogP contribution in [0.4, 0.5) is 10.1 Å². The van der Waals surface area contributed by atoms with E-state index in [0.29, 0.717) is 24.4 Å². The molecule has 1 unspecified atom stereocenters. The summed E-state index contributed by atoms with van der Waals surface area (Å²) in [4.78, 5) is 13.9. The van der Waals surface area contributed by atoms with Gasteiger partial charge in [-0.05, 0) is 24.8 Å². The van der Waals surface area contributed by atoms with Crippen molar-refractivity contribution in [2.24, 2.45) is 5.92 Å². The van der Waals surface area contributed by atoms with Crippen LogP contribution in [0.1, 0.15) is 44.6 Å². The van der Waals surface area contributed by atoms with Gasteiger partial charge in [-0.1, -0.05) is 31.9 Å². The summed E-state index contributed by atoms with van der Waals surface area (Å²) in [6.45, 7) is 3.22. The predicted molar refractivity (Wildman–Crippen MR) is 78.5 cm³/mol. The number of hydrogen-bond donors (Lipinski definition) is 1. The third-order valence-corrected chi connectivity index (χ3v) is 4.09. The Morgan fingerprint density at radius 3 is 2.95 bits per heavy atom. The number of nitrogens with two attached hydrogens (primary N) is 1. The van der Waals surface area contributed by atoms with Gasteiger partial charge in [0.25, 0.3) is 0 Å². The van der Waals surface area contributed by atoms with Gasteiger partial charge in [-0.3, -0.25) is 4.79 Å². The topological polar surface area (TPSA) is 46.3 Å². The molecule has 0 aliphatic carbocycles. The number of nitrogens with zero attached hydrogens (tertiary/aromatic N) is 1. The third-order valence-electron chi connectivity index (χ3n) is 4.09. The minimum atomic E-state index is -0.394. The molecule has 1 fully saturated rings. The lowest BCUT2D eigenvalue weighted by Gasteiger charge is -2.21. The number of carbonyl (C=O) groups excluding carboxylic acids is 1.